The Morgan fingerprint density at radius 2 is 1.93 bits per heavy atom. The molecule has 0 bridgehead atoms. The van der Waals surface area contributed by atoms with Crippen LogP contribution in [-0.4, -0.2) is 16.2 Å². The van der Waals surface area contributed by atoms with E-state index in [-0.39, 0.29) is 11.3 Å². The number of carboxylic acid groups (broad SMARTS) is 1. The van der Waals surface area contributed by atoms with Gasteiger partial charge in [-0.25, -0.2) is 4.79 Å². The Bertz CT molecular complexity index is 549. The lowest BCUT2D eigenvalue weighted by molar-refractivity contribution is 0.0699. The number of aromatic hydroxyl groups is 1. The molecule has 0 unspecified atom stereocenters. The minimum absolute atomic E-state index is 0.0255. The number of halogens is 1. The van der Waals surface area contributed by atoms with Crippen molar-refractivity contribution in [1.82, 2.24) is 0 Å². The van der Waals surface area contributed by atoms with Gasteiger partial charge in [-0.05, 0) is 18.2 Å². The minimum atomic E-state index is -1.06. The Balaban J connectivity index is 2.96. The first-order valence-electron chi connectivity index (χ1n) is 4.25. The first-order valence-corrected chi connectivity index (χ1v) is 4.62. The Hall–Kier alpha value is -1.74. The predicted octanol–water partition coefficient (Wildman–Crippen LogP) is 2.90. The molecule has 0 radical (unpaired) electrons. The third-order valence-electron chi connectivity index (χ3n) is 2.20. The molecule has 0 spiro atoms. The lowest BCUT2D eigenvalue weighted by Gasteiger charge is -2.06. The summed E-state index contributed by atoms with van der Waals surface area (Å²) in [5.74, 6) is -1.04. The van der Waals surface area contributed by atoms with E-state index in [4.69, 9.17) is 16.7 Å². The molecule has 0 aliphatic carbocycles. The van der Waals surface area contributed by atoms with Crippen LogP contribution in [-0.2, 0) is 0 Å². The van der Waals surface area contributed by atoms with Gasteiger partial charge in [0.1, 0.15) is 5.75 Å². The van der Waals surface area contributed by atoms with Gasteiger partial charge in [0.25, 0.3) is 0 Å². The molecular formula is C11H7ClO3. The lowest BCUT2D eigenvalue weighted by Crippen LogP contribution is -1.97. The van der Waals surface area contributed by atoms with Crippen molar-refractivity contribution in [2.45, 2.75) is 0 Å². The fourth-order valence-electron chi connectivity index (χ4n) is 1.52. The quantitative estimate of drug-likeness (QED) is 0.780. The molecule has 2 rings (SSSR count). The van der Waals surface area contributed by atoms with Crippen molar-refractivity contribution in [3.63, 3.8) is 0 Å². The van der Waals surface area contributed by atoms with E-state index in [2.05, 4.69) is 0 Å². The molecule has 0 saturated heterocycles. The second-order valence-electron chi connectivity index (χ2n) is 3.10. The van der Waals surface area contributed by atoms with Crippen LogP contribution in [0.4, 0.5) is 0 Å². The van der Waals surface area contributed by atoms with E-state index in [9.17, 15) is 9.90 Å². The summed E-state index contributed by atoms with van der Waals surface area (Å²) in [6, 6.07) is 7.57. The highest BCUT2D eigenvalue weighted by Crippen LogP contribution is 2.32. The Kier molecular flexibility index (Phi) is 2.25. The number of benzene rings is 2. The van der Waals surface area contributed by atoms with Crippen LogP contribution in [0.3, 0.4) is 0 Å². The van der Waals surface area contributed by atoms with Crippen LogP contribution in [0.15, 0.2) is 30.3 Å². The molecule has 0 atom stereocenters. The summed E-state index contributed by atoms with van der Waals surface area (Å²) in [6.45, 7) is 0. The first kappa shape index (κ1) is 9.80. The summed E-state index contributed by atoms with van der Waals surface area (Å²) < 4.78 is 0. The summed E-state index contributed by atoms with van der Waals surface area (Å²) in [5.41, 5.74) is 0.0911. The Morgan fingerprint density at radius 1 is 1.20 bits per heavy atom. The maximum Gasteiger partial charge on any atom is 0.336 e. The lowest BCUT2D eigenvalue weighted by atomic mass is 10.0. The third-order valence-corrected chi connectivity index (χ3v) is 2.51. The molecule has 2 aromatic carbocycles. The topological polar surface area (TPSA) is 57.5 Å². The van der Waals surface area contributed by atoms with Crippen LogP contribution in [0.5, 0.6) is 5.75 Å². The van der Waals surface area contributed by atoms with Gasteiger partial charge in [0.05, 0.1) is 5.56 Å². The van der Waals surface area contributed by atoms with Crippen molar-refractivity contribution in [2.75, 3.05) is 0 Å². The summed E-state index contributed by atoms with van der Waals surface area (Å²) in [4.78, 5) is 10.9. The van der Waals surface area contributed by atoms with Gasteiger partial charge in [-0.2, -0.15) is 0 Å². The van der Waals surface area contributed by atoms with E-state index in [1.54, 1.807) is 18.2 Å². The number of fused-ring (bicyclic) bond motifs is 1. The van der Waals surface area contributed by atoms with Crippen LogP contribution in [0.25, 0.3) is 10.8 Å². The number of carboxylic acids is 1. The van der Waals surface area contributed by atoms with Gasteiger partial charge in [0.15, 0.2) is 0 Å². The molecule has 3 nitrogen and oxygen atoms in total. The molecule has 0 amide bonds. The van der Waals surface area contributed by atoms with Gasteiger partial charge in [-0.3, -0.25) is 0 Å². The van der Waals surface area contributed by atoms with Gasteiger partial charge in [0.2, 0.25) is 0 Å². The summed E-state index contributed by atoms with van der Waals surface area (Å²) in [5, 5.41) is 19.6. The molecular weight excluding hydrogens is 216 g/mol. The predicted molar refractivity (Wildman–Crippen MR) is 57.6 cm³/mol. The zero-order chi connectivity index (χ0) is 11.0. The van der Waals surface area contributed by atoms with Crippen LogP contribution < -0.4 is 0 Å². The van der Waals surface area contributed by atoms with Crippen molar-refractivity contribution in [2.24, 2.45) is 0 Å². The van der Waals surface area contributed by atoms with E-state index in [0.717, 1.165) is 0 Å². The molecule has 76 valence electrons. The van der Waals surface area contributed by atoms with Gasteiger partial charge < -0.3 is 10.2 Å². The average Bonchev–Trinajstić information content (AvgIpc) is 2.19. The number of rotatable bonds is 1. The van der Waals surface area contributed by atoms with Crippen molar-refractivity contribution >= 4 is 28.3 Å². The molecule has 0 fully saturated rings. The molecule has 0 aliphatic heterocycles. The van der Waals surface area contributed by atoms with Crippen molar-refractivity contribution in [1.29, 1.82) is 0 Å². The highest BCUT2D eigenvalue weighted by Gasteiger charge is 2.13. The van der Waals surface area contributed by atoms with E-state index in [0.29, 0.717) is 15.8 Å². The number of aromatic carboxylic acids is 1. The fourth-order valence-corrected chi connectivity index (χ4v) is 1.80. The fraction of sp³-hybridized carbons (Fsp3) is 0. The molecule has 0 aromatic heterocycles. The number of carbonyl (C=O) groups is 1. The molecule has 4 heteroatoms. The molecule has 2 aromatic rings. The highest BCUT2D eigenvalue weighted by atomic mass is 35.5. The van der Waals surface area contributed by atoms with E-state index >= 15 is 0 Å². The zero-order valence-electron chi connectivity index (χ0n) is 7.57. The van der Waals surface area contributed by atoms with Crippen LogP contribution in [0.1, 0.15) is 10.4 Å². The van der Waals surface area contributed by atoms with Gasteiger partial charge >= 0.3 is 5.97 Å². The standard InChI is InChI=1S/C11H7ClO3/c12-8-3-1-2-6-9(13)5-4-7(10(6)8)11(14)15/h1-5,13H,(H,14,15). The largest absolute Gasteiger partial charge is 0.507 e. The molecule has 0 heterocycles. The number of hydrogen-bond acceptors (Lipinski definition) is 2. The van der Waals surface area contributed by atoms with E-state index in [1.807, 2.05) is 0 Å². The van der Waals surface area contributed by atoms with Gasteiger partial charge in [0, 0.05) is 15.8 Å². The van der Waals surface area contributed by atoms with Crippen LogP contribution in [0, 0.1) is 0 Å². The highest BCUT2D eigenvalue weighted by molar-refractivity contribution is 6.37. The molecule has 0 saturated carbocycles. The minimum Gasteiger partial charge on any atom is -0.507 e. The SMILES string of the molecule is O=C(O)c1ccc(O)c2cccc(Cl)c12. The summed E-state index contributed by atoms with van der Waals surface area (Å²) >= 11 is 5.90. The van der Waals surface area contributed by atoms with Crippen LogP contribution in [0.2, 0.25) is 5.02 Å². The monoisotopic (exact) mass is 222 g/mol. The number of phenols is 1. The zero-order valence-corrected chi connectivity index (χ0v) is 8.32. The second-order valence-corrected chi connectivity index (χ2v) is 3.51. The Morgan fingerprint density at radius 3 is 2.60 bits per heavy atom. The van der Waals surface area contributed by atoms with E-state index in [1.165, 1.54) is 12.1 Å². The molecule has 0 aliphatic rings. The van der Waals surface area contributed by atoms with Gasteiger partial charge in [-0.15, -0.1) is 0 Å². The Labute approximate surface area is 90.5 Å². The third kappa shape index (κ3) is 1.51. The average molecular weight is 223 g/mol. The molecule has 15 heavy (non-hydrogen) atoms. The van der Waals surface area contributed by atoms with Crippen molar-refractivity contribution in [3.8, 4) is 5.75 Å². The number of phenolic OH excluding ortho intramolecular Hbond substituents is 1. The smallest absolute Gasteiger partial charge is 0.336 e. The van der Waals surface area contributed by atoms with Crippen molar-refractivity contribution < 1.29 is 15.0 Å². The maximum atomic E-state index is 10.9. The first-order chi connectivity index (χ1) is 7.11. The number of hydrogen-bond donors (Lipinski definition) is 2. The van der Waals surface area contributed by atoms with E-state index < -0.39 is 5.97 Å². The summed E-state index contributed by atoms with van der Waals surface area (Å²) in [7, 11) is 0. The summed E-state index contributed by atoms with van der Waals surface area (Å²) in [6.07, 6.45) is 0. The van der Waals surface area contributed by atoms with Crippen molar-refractivity contribution in [3.05, 3.63) is 40.9 Å². The second kappa shape index (κ2) is 3.44. The maximum absolute atomic E-state index is 10.9. The van der Waals surface area contributed by atoms with Crippen LogP contribution >= 0.6 is 11.6 Å². The normalized spacial score (nSPS) is 10.5. The molecule has 2 N–H and O–H groups in total. The van der Waals surface area contributed by atoms with Gasteiger partial charge in [-0.1, -0.05) is 23.7 Å².